The van der Waals surface area contributed by atoms with Crippen LogP contribution in [0.1, 0.15) is 57.0 Å². The summed E-state index contributed by atoms with van der Waals surface area (Å²) in [4.78, 5) is 18.8. The molecule has 33 heavy (non-hydrogen) atoms. The van der Waals surface area contributed by atoms with Crippen molar-refractivity contribution in [2.24, 2.45) is 5.73 Å². The molecule has 5 rings (SSSR count). The number of ether oxygens (including phenoxy) is 1. The van der Waals surface area contributed by atoms with E-state index in [1.807, 2.05) is 12.3 Å². The van der Waals surface area contributed by atoms with Crippen LogP contribution in [-0.2, 0) is 29.8 Å². The third-order valence-electron chi connectivity index (χ3n) is 6.68. The van der Waals surface area contributed by atoms with Crippen LogP contribution in [0.2, 0.25) is 5.02 Å². The maximum absolute atomic E-state index is 11.5. The summed E-state index contributed by atoms with van der Waals surface area (Å²) < 4.78 is 8.16. The maximum atomic E-state index is 11.5. The topological polar surface area (TPSA) is 99.2 Å². The van der Waals surface area contributed by atoms with E-state index in [0.29, 0.717) is 23.2 Å². The molecule has 0 radical (unpaired) electrons. The van der Waals surface area contributed by atoms with Gasteiger partial charge >= 0.3 is 0 Å². The van der Waals surface area contributed by atoms with Gasteiger partial charge in [0.1, 0.15) is 9.88 Å². The summed E-state index contributed by atoms with van der Waals surface area (Å²) in [5, 5.41) is 10.2. The number of likely N-dealkylation sites (tertiary alicyclic amines) is 1. The monoisotopic (exact) mass is 486 g/mol. The van der Waals surface area contributed by atoms with Crippen LogP contribution in [0.3, 0.4) is 0 Å². The Morgan fingerprint density at radius 2 is 2.24 bits per heavy atom. The summed E-state index contributed by atoms with van der Waals surface area (Å²) in [5.74, 6) is -0.445. The van der Waals surface area contributed by atoms with E-state index in [9.17, 15) is 4.79 Å². The predicted molar refractivity (Wildman–Crippen MR) is 126 cm³/mol. The zero-order valence-corrected chi connectivity index (χ0v) is 20.3. The molecule has 1 spiro atoms. The Hall–Kier alpha value is -2.33. The molecule has 1 saturated heterocycles. The lowest BCUT2D eigenvalue weighted by Crippen LogP contribution is -2.50. The Morgan fingerprint density at radius 1 is 1.39 bits per heavy atom. The molecule has 2 atom stereocenters. The van der Waals surface area contributed by atoms with E-state index < -0.39 is 5.91 Å². The number of primary amides is 1. The van der Waals surface area contributed by atoms with Gasteiger partial charge in [0.05, 0.1) is 36.3 Å². The Bertz CT molecular complexity index is 1190. The second kappa shape index (κ2) is 8.79. The van der Waals surface area contributed by atoms with Crippen molar-refractivity contribution < 1.29 is 9.53 Å². The molecule has 2 aromatic heterocycles. The number of hydrogen-bond donors (Lipinski definition) is 1. The largest absolute Gasteiger partial charge is 0.370 e. The highest BCUT2D eigenvalue weighted by Gasteiger charge is 2.43. The number of halogens is 1. The third-order valence-corrected chi connectivity index (χ3v) is 8.07. The number of aryl methyl sites for hydroxylation is 1. The molecule has 0 bridgehead atoms. The lowest BCUT2D eigenvalue weighted by Gasteiger charge is -2.48. The average Bonchev–Trinajstić information content (AvgIpc) is 3.37. The van der Waals surface area contributed by atoms with Crippen molar-refractivity contribution in [3.8, 4) is 0 Å². The summed E-state index contributed by atoms with van der Waals surface area (Å²) in [7, 11) is 0. The van der Waals surface area contributed by atoms with E-state index in [1.54, 1.807) is 11.6 Å². The zero-order chi connectivity index (χ0) is 23.2. The number of nitrogens with two attached hydrogens (primary N) is 1. The number of nitrogens with zero attached hydrogens (tertiary/aromatic N) is 5. The van der Waals surface area contributed by atoms with E-state index in [2.05, 4.69) is 39.3 Å². The van der Waals surface area contributed by atoms with Gasteiger partial charge in [0.25, 0.3) is 5.91 Å². The predicted octanol–water partition coefficient (Wildman–Crippen LogP) is 3.30. The zero-order valence-electron chi connectivity index (χ0n) is 18.8. The van der Waals surface area contributed by atoms with Gasteiger partial charge in [-0.15, -0.1) is 16.4 Å². The number of thiazole rings is 1. The van der Waals surface area contributed by atoms with Crippen LogP contribution in [0, 0.1) is 6.92 Å². The van der Waals surface area contributed by atoms with E-state index in [-0.39, 0.29) is 5.60 Å². The van der Waals surface area contributed by atoms with Crippen LogP contribution >= 0.6 is 22.9 Å². The quantitative estimate of drug-likeness (QED) is 0.594. The number of benzene rings is 1. The highest BCUT2D eigenvalue weighted by molar-refractivity contribution is 7.13. The van der Waals surface area contributed by atoms with E-state index in [1.165, 1.54) is 22.5 Å². The maximum Gasteiger partial charge on any atom is 0.260 e. The molecule has 2 aliphatic heterocycles. The molecule has 10 heteroatoms. The van der Waals surface area contributed by atoms with Crippen LogP contribution in [0.5, 0.6) is 0 Å². The minimum atomic E-state index is -0.445. The molecular formula is C23H27ClN6O2S. The lowest BCUT2D eigenvalue weighted by atomic mass is 9.77. The van der Waals surface area contributed by atoms with E-state index in [4.69, 9.17) is 22.1 Å². The Balaban J connectivity index is 1.25. The summed E-state index contributed by atoms with van der Waals surface area (Å²) in [5.41, 5.74) is 9.33. The smallest absolute Gasteiger partial charge is 0.260 e. The number of carbonyl (C=O) groups excluding carboxylic acids is 1. The van der Waals surface area contributed by atoms with Gasteiger partial charge < -0.3 is 10.5 Å². The van der Waals surface area contributed by atoms with Crippen molar-refractivity contribution in [2.45, 2.75) is 57.8 Å². The first-order chi connectivity index (χ1) is 15.8. The first kappa shape index (κ1) is 22.5. The van der Waals surface area contributed by atoms with Crippen molar-refractivity contribution >= 4 is 28.8 Å². The van der Waals surface area contributed by atoms with Gasteiger partial charge in [-0.2, -0.15) is 0 Å². The minimum Gasteiger partial charge on any atom is -0.370 e. The number of hydrogen-bond acceptors (Lipinski definition) is 7. The number of carbonyl (C=O) groups is 1. The molecule has 4 heterocycles. The fourth-order valence-electron chi connectivity index (χ4n) is 5.07. The number of aromatic nitrogens is 4. The molecule has 3 aromatic rings. The van der Waals surface area contributed by atoms with Crippen LogP contribution in [-0.4, -0.2) is 50.0 Å². The third kappa shape index (κ3) is 4.42. The molecule has 0 saturated carbocycles. The molecule has 0 aliphatic carbocycles. The summed E-state index contributed by atoms with van der Waals surface area (Å²) in [6, 6.07) is 6.54. The molecule has 2 N–H and O–H groups in total. The molecule has 174 valence electrons. The Morgan fingerprint density at radius 3 is 3.00 bits per heavy atom. The minimum absolute atomic E-state index is 0.257. The highest BCUT2D eigenvalue weighted by atomic mass is 35.5. The van der Waals surface area contributed by atoms with Crippen molar-refractivity contribution in [3.05, 3.63) is 61.8 Å². The van der Waals surface area contributed by atoms with Gasteiger partial charge in [0.15, 0.2) is 0 Å². The normalized spacial score (nSPS) is 23.1. The summed E-state index contributed by atoms with van der Waals surface area (Å²) >= 11 is 7.63. The van der Waals surface area contributed by atoms with Crippen molar-refractivity contribution in [1.82, 2.24) is 24.9 Å². The van der Waals surface area contributed by atoms with Gasteiger partial charge in [-0.3, -0.25) is 9.69 Å². The second-order valence-electron chi connectivity index (χ2n) is 8.96. The molecule has 2 aliphatic rings. The Labute approximate surface area is 201 Å². The Kier molecular flexibility index (Phi) is 5.98. The van der Waals surface area contributed by atoms with Crippen molar-refractivity contribution in [1.29, 1.82) is 0 Å². The fraction of sp³-hybridized carbons (Fsp3) is 0.478. The SMILES string of the molecule is Cc1nc(Cn2cc(CN3CC[C@]4(C[C@@H]3C)OCCc3ccc(Cl)cc34)nn2)sc1C(N)=O. The van der Waals surface area contributed by atoms with Crippen LogP contribution in [0.4, 0.5) is 0 Å². The lowest BCUT2D eigenvalue weighted by molar-refractivity contribution is -0.113. The second-order valence-corrected chi connectivity index (χ2v) is 10.5. The standard InChI is InChI=1S/C23H27ClN6O2S/c1-14-10-23(19-9-17(24)4-3-16(19)5-8-32-23)6-7-29(14)11-18-12-30(28-27-18)13-20-26-15(2)21(33-20)22(25)31/h3-4,9,12,14H,5-8,10-11,13H2,1-2H3,(H2,25,31)/t14-,23+/m0/s1. The van der Waals surface area contributed by atoms with Gasteiger partial charge in [-0.1, -0.05) is 22.9 Å². The fourth-order valence-corrected chi connectivity index (χ4v) is 6.15. The van der Waals surface area contributed by atoms with Crippen LogP contribution < -0.4 is 5.73 Å². The summed E-state index contributed by atoms with van der Waals surface area (Å²) in [6.07, 6.45) is 4.73. The van der Waals surface area contributed by atoms with Gasteiger partial charge in [0, 0.05) is 24.2 Å². The van der Waals surface area contributed by atoms with Gasteiger partial charge in [-0.05, 0) is 56.4 Å². The molecule has 0 unspecified atom stereocenters. The molecule has 8 nitrogen and oxygen atoms in total. The van der Waals surface area contributed by atoms with Crippen LogP contribution in [0.15, 0.2) is 24.4 Å². The number of rotatable bonds is 5. The molecule has 1 fully saturated rings. The van der Waals surface area contributed by atoms with Crippen LogP contribution in [0.25, 0.3) is 0 Å². The molecular weight excluding hydrogens is 460 g/mol. The first-order valence-electron chi connectivity index (χ1n) is 11.1. The summed E-state index contributed by atoms with van der Waals surface area (Å²) in [6.45, 7) is 6.90. The average molecular weight is 487 g/mol. The van der Waals surface area contributed by atoms with Crippen molar-refractivity contribution in [2.75, 3.05) is 13.2 Å². The van der Waals surface area contributed by atoms with Gasteiger partial charge in [0.2, 0.25) is 0 Å². The molecule has 1 amide bonds. The van der Waals surface area contributed by atoms with E-state index >= 15 is 0 Å². The highest BCUT2D eigenvalue weighted by Crippen LogP contribution is 2.44. The van der Waals surface area contributed by atoms with Gasteiger partial charge in [-0.25, -0.2) is 9.67 Å². The van der Waals surface area contributed by atoms with Crippen molar-refractivity contribution in [3.63, 3.8) is 0 Å². The number of amides is 1. The number of fused-ring (bicyclic) bond motifs is 2. The first-order valence-corrected chi connectivity index (χ1v) is 12.3. The van der Waals surface area contributed by atoms with E-state index in [0.717, 1.165) is 54.7 Å². The number of piperidine rings is 1. The molecule has 1 aromatic carbocycles.